The average Bonchev–Trinajstić information content (AvgIpc) is 3.08. The number of imidazole rings is 1. The minimum Gasteiger partial charge on any atom is -0.466 e. The van der Waals surface area contributed by atoms with E-state index in [-0.39, 0.29) is 35.9 Å². The van der Waals surface area contributed by atoms with E-state index in [2.05, 4.69) is 26.4 Å². The Morgan fingerprint density at radius 1 is 1.37 bits per heavy atom. The Labute approximate surface area is 177 Å². The van der Waals surface area contributed by atoms with Crippen molar-refractivity contribution >= 4 is 41.6 Å². The molecule has 3 rings (SSSR count). The first-order valence-corrected chi connectivity index (χ1v) is 9.26. The number of hydrogen-bond acceptors (Lipinski definition) is 4. The van der Waals surface area contributed by atoms with Crippen LogP contribution in [0.5, 0.6) is 0 Å². The van der Waals surface area contributed by atoms with E-state index >= 15 is 0 Å². The van der Waals surface area contributed by atoms with Crippen molar-refractivity contribution in [3.63, 3.8) is 0 Å². The number of nitrogens with one attached hydrogen (secondary N) is 1. The minimum absolute atomic E-state index is 0. The summed E-state index contributed by atoms with van der Waals surface area (Å²) in [5, 5.41) is 3.41. The zero-order valence-electron chi connectivity index (χ0n) is 15.9. The molecule has 0 spiro atoms. The van der Waals surface area contributed by atoms with Crippen LogP contribution in [0.25, 0.3) is 5.65 Å². The maximum atomic E-state index is 11.9. The smallest absolute Gasteiger partial charge is 0.309 e. The van der Waals surface area contributed by atoms with Crippen molar-refractivity contribution < 1.29 is 9.53 Å². The second-order valence-corrected chi connectivity index (χ2v) is 6.44. The van der Waals surface area contributed by atoms with Crippen LogP contribution in [0.4, 0.5) is 0 Å². The Morgan fingerprint density at radius 3 is 2.81 bits per heavy atom. The molecule has 27 heavy (non-hydrogen) atoms. The van der Waals surface area contributed by atoms with Crippen LogP contribution in [-0.2, 0) is 16.0 Å². The van der Waals surface area contributed by atoms with Crippen molar-refractivity contribution in [1.82, 2.24) is 19.6 Å². The standard InChI is InChI=1S/C19H27N5O2.HI/c1-3-26-18(25)15-8-12-23(13-9-15)19(20-2)21-10-7-16-14-24-11-5-4-6-17(24)22-16;/h4-6,11,14-15H,3,7-10,12-13H2,1-2H3,(H,20,21);1H. The molecule has 1 aliphatic rings. The van der Waals surface area contributed by atoms with E-state index in [1.807, 2.05) is 35.7 Å². The number of rotatable bonds is 5. The van der Waals surface area contributed by atoms with Crippen molar-refractivity contribution in [1.29, 1.82) is 0 Å². The summed E-state index contributed by atoms with van der Waals surface area (Å²) in [5.74, 6) is 0.834. The summed E-state index contributed by atoms with van der Waals surface area (Å²) in [6, 6.07) is 5.99. The Balaban J connectivity index is 0.00000261. The number of aromatic nitrogens is 2. The van der Waals surface area contributed by atoms with Crippen LogP contribution >= 0.6 is 24.0 Å². The summed E-state index contributed by atoms with van der Waals surface area (Å²) in [5.41, 5.74) is 2.02. The molecule has 2 aromatic rings. The molecule has 1 fully saturated rings. The highest BCUT2D eigenvalue weighted by molar-refractivity contribution is 14.0. The molecule has 7 nitrogen and oxygen atoms in total. The van der Waals surface area contributed by atoms with E-state index in [4.69, 9.17) is 4.74 Å². The fourth-order valence-corrected chi connectivity index (χ4v) is 3.33. The summed E-state index contributed by atoms with van der Waals surface area (Å²) in [6.07, 6.45) is 6.52. The third-order valence-corrected chi connectivity index (χ3v) is 4.70. The predicted molar refractivity (Wildman–Crippen MR) is 117 cm³/mol. The van der Waals surface area contributed by atoms with Crippen LogP contribution in [0.3, 0.4) is 0 Å². The van der Waals surface area contributed by atoms with Crippen molar-refractivity contribution in [3.8, 4) is 0 Å². The van der Waals surface area contributed by atoms with Crippen molar-refractivity contribution in [2.75, 3.05) is 33.3 Å². The molecule has 0 radical (unpaired) electrons. The normalized spacial score (nSPS) is 15.5. The highest BCUT2D eigenvalue weighted by atomic mass is 127. The van der Waals surface area contributed by atoms with Gasteiger partial charge in [-0.15, -0.1) is 24.0 Å². The quantitative estimate of drug-likeness (QED) is 0.305. The SMILES string of the molecule is CCOC(=O)C1CCN(C(=NC)NCCc2cn3ccccc3n2)CC1.I. The van der Waals surface area contributed by atoms with Gasteiger partial charge in [-0.3, -0.25) is 9.79 Å². The summed E-state index contributed by atoms with van der Waals surface area (Å²) >= 11 is 0. The largest absolute Gasteiger partial charge is 0.466 e. The monoisotopic (exact) mass is 485 g/mol. The first-order chi connectivity index (χ1) is 12.7. The van der Waals surface area contributed by atoms with Crippen molar-refractivity contribution in [2.45, 2.75) is 26.2 Å². The van der Waals surface area contributed by atoms with E-state index in [0.29, 0.717) is 6.61 Å². The van der Waals surface area contributed by atoms with Gasteiger partial charge in [-0.1, -0.05) is 6.07 Å². The fraction of sp³-hybridized carbons (Fsp3) is 0.526. The van der Waals surface area contributed by atoms with Crippen molar-refractivity contribution in [3.05, 3.63) is 36.3 Å². The van der Waals surface area contributed by atoms with Crippen molar-refractivity contribution in [2.24, 2.45) is 10.9 Å². The summed E-state index contributed by atoms with van der Waals surface area (Å²) in [7, 11) is 1.80. The number of carbonyl (C=O) groups is 1. The topological polar surface area (TPSA) is 71.2 Å². The molecule has 0 aliphatic carbocycles. The van der Waals surface area contributed by atoms with Gasteiger partial charge in [-0.2, -0.15) is 0 Å². The molecule has 1 N–H and O–H groups in total. The highest BCUT2D eigenvalue weighted by Crippen LogP contribution is 2.18. The number of aliphatic imine (C=N–C) groups is 1. The highest BCUT2D eigenvalue weighted by Gasteiger charge is 2.27. The first-order valence-electron chi connectivity index (χ1n) is 9.26. The lowest BCUT2D eigenvalue weighted by atomic mass is 9.97. The van der Waals surface area contributed by atoms with Gasteiger partial charge < -0.3 is 19.4 Å². The predicted octanol–water partition coefficient (Wildman–Crippen LogP) is 2.35. The Kier molecular flexibility index (Phi) is 8.33. The van der Waals surface area contributed by atoms with Gasteiger partial charge in [0.25, 0.3) is 0 Å². The van der Waals surface area contributed by atoms with Gasteiger partial charge in [0.15, 0.2) is 5.96 Å². The fourth-order valence-electron chi connectivity index (χ4n) is 3.33. The van der Waals surface area contributed by atoms with Gasteiger partial charge in [0.05, 0.1) is 18.2 Å². The lowest BCUT2D eigenvalue weighted by Gasteiger charge is -2.33. The molecule has 148 valence electrons. The van der Waals surface area contributed by atoms with Crippen LogP contribution in [0.15, 0.2) is 35.6 Å². The van der Waals surface area contributed by atoms with Gasteiger partial charge in [0.2, 0.25) is 0 Å². The molecule has 0 unspecified atom stereocenters. The molecule has 1 saturated heterocycles. The van der Waals surface area contributed by atoms with E-state index < -0.39 is 0 Å². The summed E-state index contributed by atoms with van der Waals surface area (Å²) in [4.78, 5) is 23.1. The third-order valence-electron chi connectivity index (χ3n) is 4.70. The number of halogens is 1. The van der Waals surface area contributed by atoms with Gasteiger partial charge in [0, 0.05) is 45.5 Å². The Hall–Kier alpha value is -1.84. The number of ether oxygens (including phenoxy) is 1. The number of carbonyl (C=O) groups excluding carboxylic acids is 1. The molecule has 3 heterocycles. The van der Waals surface area contributed by atoms with E-state index in [1.54, 1.807) is 7.05 Å². The van der Waals surface area contributed by atoms with Gasteiger partial charge in [0.1, 0.15) is 5.65 Å². The maximum absolute atomic E-state index is 11.9. The second-order valence-electron chi connectivity index (χ2n) is 6.44. The number of piperidine rings is 1. The summed E-state index contributed by atoms with van der Waals surface area (Å²) < 4.78 is 7.16. The molecule has 8 heteroatoms. The number of hydrogen-bond donors (Lipinski definition) is 1. The zero-order valence-corrected chi connectivity index (χ0v) is 18.3. The number of guanidine groups is 1. The minimum atomic E-state index is -0.0676. The number of pyridine rings is 1. The third kappa shape index (κ3) is 5.57. The molecular weight excluding hydrogens is 457 g/mol. The van der Waals surface area contributed by atoms with Crippen LogP contribution in [-0.4, -0.2) is 59.5 Å². The Morgan fingerprint density at radius 2 is 2.15 bits per heavy atom. The zero-order chi connectivity index (χ0) is 18.4. The first kappa shape index (κ1) is 21.5. The lowest BCUT2D eigenvalue weighted by molar-refractivity contribution is -0.149. The second kappa shape index (κ2) is 10.5. The van der Waals surface area contributed by atoms with E-state index in [9.17, 15) is 4.79 Å². The van der Waals surface area contributed by atoms with Gasteiger partial charge >= 0.3 is 5.97 Å². The van der Waals surface area contributed by atoms with Crippen LogP contribution < -0.4 is 5.32 Å². The van der Waals surface area contributed by atoms with E-state index in [0.717, 1.165) is 56.2 Å². The number of esters is 1. The van der Waals surface area contributed by atoms with Gasteiger partial charge in [-0.25, -0.2) is 4.98 Å². The van der Waals surface area contributed by atoms with E-state index in [1.165, 1.54) is 0 Å². The molecule has 2 aromatic heterocycles. The molecule has 1 aliphatic heterocycles. The Bertz CT molecular complexity index is 735. The van der Waals surface area contributed by atoms with Gasteiger partial charge in [-0.05, 0) is 31.9 Å². The van der Waals surface area contributed by atoms with Crippen LogP contribution in [0, 0.1) is 5.92 Å². The molecule has 0 bridgehead atoms. The molecule has 0 saturated carbocycles. The summed E-state index contributed by atoms with van der Waals surface area (Å²) in [6.45, 7) is 4.70. The molecule has 0 aromatic carbocycles. The number of likely N-dealkylation sites (tertiary alicyclic amines) is 1. The molecule has 0 atom stereocenters. The molecule has 0 amide bonds. The van der Waals surface area contributed by atoms with Crippen LogP contribution in [0.1, 0.15) is 25.5 Å². The maximum Gasteiger partial charge on any atom is 0.309 e. The molecular formula is C19H28IN5O2. The number of nitrogens with zero attached hydrogens (tertiary/aromatic N) is 4. The average molecular weight is 485 g/mol. The number of fused-ring (bicyclic) bond motifs is 1. The lowest BCUT2D eigenvalue weighted by Crippen LogP contribution is -2.47. The van der Waals surface area contributed by atoms with Crippen LogP contribution in [0.2, 0.25) is 0 Å².